The lowest BCUT2D eigenvalue weighted by Crippen LogP contribution is -2.21. The predicted octanol–water partition coefficient (Wildman–Crippen LogP) is 0.982. The van der Waals surface area contributed by atoms with E-state index in [2.05, 4.69) is 37.7 Å². The standard InChI is InChI=1S/C10H14N2O/c1-10(2,3)12-8-9(7-11-12)5-4-6-13/h7-8,13H,6H2,1-3H3. The van der Waals surface area contributed by atoms with Gasteiger partial charge in [-0.3, -0.25) is 4.68 Å². The lowest BCUT2D eigenvalue weighted by molar-refractivity contribution is 0.350. The highest BCUT2D eigenvalue weighted by Gasteiger charge is 2.12. The third-order valence-corrected chi connectivity index (χ3v) is 1.58. The summed E-state index contributed by atoms with van der Waals surface area (Å²) in [5.74, 6) is 5.39. The molecule has 1 rings (SSSR count). The first kappa shape index (κ1) is 9.82. The van der Waals surface area contributed by atoms with E-state index in [1.807, 2.05) is 10.9 Å². The molecule has 0 radical (unpaired) electrons. The van der Waals surface area contributed by atoms with Crippen molar-refractivity contribution in [3.63, 3.8) is 0 Å². The summed E-state index contributed by atoms with van der Waals surface area (Å²) >= 11 is 0. The summed E-state index contributed by atoms with van der Waals surface area (Å²) in [5, 5.41) is 12.7. The molecule has 0 aliphatic heterocycles. The second kappa shape index (κ2) is 3.63. The average Bonchev–Trinajstić information content (AvgIpc) is 2.47. The molecule has 0 aliphatic rings. The smallest absolute Gasteiger partial charge is 0.104 e. The molecule has 70 valence electrons. The van der Waals surface area contributed by atoms with E-state index in [1.54, 1.807) is 6.20 Å². The molecule has 3 heteroatoms. The van der Waals surface area contributed by atoms with Crippen molar-refractivity contribution in [3.05, 3.63) is 18.0 Å². The highest BCUT2D eigenvalue weighted by molar-refractivity contribution is 5.29. The summed E-state index contributed by atoms with van der Waals surface area (Å²) in [6.45, 7) is 6.11. The highest BCUT2D eigenvalue weighted by Crippen LogP contribution is 2.12. The molecular formula is C10H14N2O. The number of hydrogen-bond acceptors (Lipinski definition) is 2. The molecule has 3 nitrogen and oxygen atoms in total. The quantitative estimate of drug-likeness (QED) is 0.601. The summed E-state index contributed by atoms with van der Waals surface area (Å²) < 4.78 is 1.86. The zero-order chi connectivity index (χ0) is 9.90. The van der Waals surface area contributed by atoms with Gasteiger partial charge in [-0.2, -0.15) is 5.10 Å². The van der Waals surface area contributed by atoms with Crippen molar-refractivity contribution in [1.82, 2.24) is 9.78 Å². The SMILES string of the molecule is CC(C)(C)n1cc(C#CCO)cn1. The lowest BCUT2D eigenvalue weighted by Gasteiger charge is -2.18. The first-order valence-electron chi connectivity index (χ1n) is 4.19. The van der Waals surface area contributed by atoms with Gasteiger partial charge in [-0.25, -0.2) is 0 Å². The van der Waals surface area contributed by atoms with Crippen LogP contribution in [0.2, 0.25) is 0 Å². The molecule has 0 spiro atoms. The molecule has 0 bridgehead atoms. The van der Waals surface area contributed by atoms with Crippen molar-refractivity contribution in [2.45, 2.75) is 26.3 Å². The molecule has 0 unspecified atom stereocenters. The molecule has 0 aliphatic carbocycles. The van der Waals surface area contributed by atoms with Crippen molar-refractivity contribution in [1.29, 1.82) is 0 Å². The van der Waals surface area contributed by atoms with Crippen LogP contribution in [0.3, 0.4) is 0 Å². The molecule has 0 fully saturated rings. The minimum absolute atomic E-state index is 0.0147. The molecule has 1 N–H and O–H groups in total. The topological polar surface area (TPSA) is 38.0 Å². The third kappa shape index (κ3) is 2.60. The fraction of sp³-hybridized carbons (Fsp3) is 0.500. The maximum Gasteiger partial charge on any atom is 0.104 e. The number of nitrogens with zero attached hydrogens (tertiary/aromatic N) is 2. The molecular weight excluding hydrogens is 164 g/mol. The van der Waals surface area contributed by atoms with Crippen LogP contribution < -0.4 is 0 Å². The fourth-order valence-electron chi connectivity index (χ4n) is 0.896. The van der Waals surface area contributed by atoms with E-state index >= 15 is 0 Å². The first-order chi connectivity index (χ1) is 6.04. The Morgan fingerprint density at radius 3 is 2.69 bits per heavy atom. The molecule has 1 heterocycles. The van der Waals surface area contributed by atoms with E-state index in [4.69, 9.17) is 5.11 Å². The molecule has 0 saturated heterocycles. The van der Waals surface area contributed by atoms with Gasteiger partial charge in [-0.05, 0) is 20.8 Å². The second-order valence-electron chi connectivity index (χ2n) is 3.80. The fourth-order valence-corrected chi connectivity index (χ4v) is 0.896. The van der Waals surface area contributed by atoms with Crippen LogP contribution in [0.1, 0.15) is 26.3 Å². The first-order valence-corrected chi connectivity index (χ1v) is 4.19. The Balaban J connectivity index is 2.87. The van der Waals surface area contributed by atoms with Gasteiger partial charge in [0, 0.05) is 6.20 Å². The zero-order valence-corrected chi connectivity index (χ0v) is 8.20. The summed E-state index contributed by atoms with van der Waals surface area (Å²) in [4.78, 5) is 0. The number of aliphatic hydroxyl groups is 1. The van der Waals surface area contributed by atoms with Gasteiger partial charge in [-0.15, -0.1) is 0 Å². The van der Waals surface area contributed by atoms with Crippen LogP contribution >= 0.6 is 0 Å². The summed E-state index contributed by atoms with van der Waals surface area (Å²) in [5.41, 5.74) is 0.822. The number of hydrogen-bond donors (Lipinski definition) is 1. The molecule has 1 aromatic heterocycles. The van der Waals surface area contributed by atoms with Gasteiger partial charge in [0.15, 0.2) is 0 Å². The Bertz CT molecular complexity index is 336. The van der Waals surface area contributed by atoms with Crippen LogP contribution in [0.25, 0.3) is 0 Å². The van der Waals surface area contributed by atoms with Gasteiger partial charge in [0.2, 0.25) is 0 Å². The Labute approximate surface area is 78.4 Å². The van der Waals surface area contributed by atoms with Crippen molar-refractivity contribution in [3.8, 4) is 11.8 Å². The van der Waals surface area contributed by atoms with Gasteiger partial charge in [-0.1, -0.05) is 11.8 Å². The van der Waals surface area contributed by atoms with E-state index in [0.717, 1.165) is 5.56 Å². The average molecular weight is 178 g/mol. The Morgan fingerprint density at radius 2 is 2.23 bits per heavy atom. The zero-order valence-electron chi connectivity index (χ0n) is 8.20. The maximum absolute atomic E-state index is 8.49. The van der Waals surface area contributed by atoms with Crippen LogP contribution in [0.15, 0.2) is 12.4 Å². The third-order valence-electron chi connectivity index (χ3n) is 1.58. The number of rotatable bonds is 0. The highest BCUT2D eigenvalue weighted by atomic mass is 16.2. The van der Waals surface area contributed by atoms with E-state index in [1.165, 1.54) is 0 Å². The summed E-state index contributed by atoms with van der Waals surface area (Å²) in [6, 6.07) is 0. The second-order valence-corrected chi connectivity index (χ2v) is 3.80. The van der Waals surface area contributed by atoms with E-state index < -0.39 is 0 Å². The molecule has 13 heavy (non-hydrogen) atoms. The van der Waals surface area contributed by atoms with Crippen molar-refractivity contribution in [2.75, 3.05) is 6.61 Å². The van der Waals surface area contributed by atoms with Gasteiger partial charge < -0.3 is 5.11 Å². The van der Waals surface area contributed by atoms with E-state index in [-0.39, 0.29) is 12.1 Å². The predicted molar refractivity (Wildman–Crippen MR) is 51.2 cm³/mol. The monoisotopic (exact) mass is 178 g/mol. The van der Waals surface area contributed by atoms with Crippen LogP contribution in [-0.4, -0.2) is 21.5 Å². The van der Waals surface area contributed by atoms with Crippen LogP contribution in [0, 0.1) is 11.8 Å². The van der Waals surface area contributed by atoms with Crippen LogP contribution in [0.4, 0.5) is 0 Å². The normalized spacial score (nSPS) is 10.8. The van der Waals surface area contributed by atoms with Crippen molar-refractivity contribution in [2.24, 2.45) is 0 Å². The number of aromatic nitrogens is 2. The Hall–Kier alpha value is -1.27. The van der Waals surface area contributed by atoms with Crippen molar-refractivity contribution < 1.29 is 5.11 Å². The minimum Gasteiger partial charge on any atom is -0.384 e. The number of aliphatic hydroxyl groups excluding tert-OH is 1. The van der Waals surface area contributed by atoms with E-state index in [9.17, 15) is 0 Å². The molecule has 0 saturated carbocycles. The van der Waals surface area contributed by atoms with Crippen molar-refractivity contribution >= 4 is 0 Å². The lowest BCUT2D eigenvalue weighted by atomic mass is 10.1. The molecule has 0 atom stereocenters. The largest absolute Gasteiger partial charge is 0.384 e. The van der Waals surface area contributed by atoms with Gasteiger partial charge in [0.25, 0.3) is 0 Å². The summed E-state index contributed by atoms with van der Waals surface area (Å²) in [7, 11) is 0. The van der Waals surface area contributed by atoms with E-state index in [0.29, 0.717) is 0 Å². The van der Waals surface area contributed by atoms with Gasteiger partial charge in [0.05, 0.1) is 17.3 Å². The molecule has 0 aromatic carbocycles. The summed E-state index contributed by atoms with van der Waals surface area (Å²) in [6.07, 6.45) is 3.58. The minimum atomic E-state index is -0.110. The Kier molecular flexibility index (Phi) is 2.74. The molecule has 0 amide bonds. The Morgan fingerprint density at radius 1 is 1.54 bits per heavy atom. The van der Waals surface area contributed by atoms with Gasteiger partial charge in [0.1, 0.15) is 6.61 Å². The van der Waals surface area contributed by atoms with Crippen LogP contribution in [0.5, 0.6) is 0 Å². The maximum atomic E-state index is 8.49. The van der Waals surface area contributed by atoms with Gasteiger partial charge >= 0.3 is 0 Å². The van der Waals surface area contributed by atoms with Crippen LogP contribution in [-0.2, 0) is 5.54 Å². The molecule has 1 aromatic rings.